The van der Waals surface area contributed by atoms with Crippen molar-refractivity contribution in [2.45, 2.75) is 11.2 Å². The number of esters is 1. The number of aromatic amines is 1. The lowest BCUT2D eigenvalue weighted by molar-refractivity contribution is -0.140. The monoisotopic (exact) mass is 310 g/mol. The molecule has 0 spiro atoms. The van der Waals surface area contributed by atoms with E-state index in [4.69, 9.17) is 5.26 Å². The molecule has 20 heavy (non-hydrogen) atoms. The number of hydrogen-bond donors (Lipinski definition) is 1. The molecule has 0 amide bonds. The van der Waals surface area contributed by atoms with E-state index in [9.17, 15) is 27.2 Å². The summed E-state index contributed by atoms with van der Waals surface area (Å²) in [5, 5.41) is 8.19. The highest BCUT2D eigenvalue weighted by Gasteiger charge is 2.40. The second-order valence-corrected chi connectivity index (χ2v) is 4.31. The molecule has 0 unspecified atom stereocenters. The first-order valence-electron chi connectivity index (χ1n) is 4.85. The SMILES string of the molecule is COC(=O)CSc1[nH]c(=O)c(F)c(C(F)(F)F)c1C#N. The molecule has 0 saturated carbocycles. The molecule has 1 aromatic rings. The number of alkyl halides is 3. The molecule has 108 valence electrons. The van der Waals surface area contributed by atoms with Gasteiger partial charge >= 0.3 is 12.1 Å². The molecule has 1 N–H and O–H groups in total. The normalized spacial score (nSPS) is 11.0. The van der Waals surface area contributed by atoms with Gasteiger partial charge in [0.25, 0.3) is 5.56 Å². The fraction of sp³-hybridized carbons (Fsp3) is 0.300. The molecule has 0 aromatic carbocycles. The molecule has 0 aliphatic carbocycles. The Balaban J connectivity index is 3.41. The minimum absolute atomic E-state index is 0.438. The van der Waals surface area contributed by atoms with Gasteiger partial charge in [0, 0.05) is 0 Å². The fourth-order valence-corrected chi connectivity index (χ4v) is 2.07. The lowest BCUT2D eigenvalue weighted by atomic mass is 10.1. The van der Waals surface area contributed by atoms with E-state index in [1.54, 1.807) is 4.98 Å². The predicted molar refractivity (Wildman–Crippen MR) is 59.5 cm³/mol. The summed E-state index contributed by atoms with van der Waals surface area (Å²) in [5.41, 5.74) is -4.65. The average molecular weight is 310 g/mol. The van der Waals surface area contributed by atoms with Crippen molar-refractivity contribution >= 4 is 17.7 Å². The van der Waals surface area contributed by atoms with Gasteiger partial charge in [0.2, 0.25) is 5.82 Å². The number of thioether (sulfide) groups is 1. The summed E-state index contributed by atoms with van der Waals surface area (Å²) < 4.78 is 55.6. The third-order valence-electron chi connectivity index (χ3n) is 2.08. The molecule has 1 aromatic heterocycles. The molecule has 0 atom stereocenters. The number of pyridine rings is 1. The van der Waals surface area contributed by atoms with Gasteiger partial charge in [0.1, 0.15) is 11.6 Å². The molecule has 0 aliphatic heterocycles. The zero-order valence-corrected chi connectivity index (χ0v) is 10.6. The standard InChI is InChI=1S/C10H6F4N2O3S/c1-19-5(17)3-20-9-4(2-15)6(10(12,13)14)7(11)8(18)16-9/h3H2,1H3,(H,16,18). The summed E-state index contributed by atoms with van der Waals surface area (Å²) in [7, 11) is 1.06. The van der Waals surface area contributed by atoms with E-state index >= 15 is 0 Å². The number of rotatable bonds is 3. The van der Waals surface area contributed by atoms with Crippen LogP contribution in [0, 0.1) is 17.1 Å². The zero-order valence-electron chi connectivity index (χ0n) is 9.80. The van der Waals surface area contributed by atoms with Crippen LogP contribution in [0.1, 0.15) is 11.1 Å². The van der Waals surface area contributed by atoms with Crippen LogP contribution < -0.4 is 5.56 Å². The number of nitrogens with zero attached hydrogens (tertiary/aromatic N) is 1. The summed E-state index contributed by atoms with van der Waals surface area (Å²) in [4.78, 5) is 23.8. The minimum atomic E-state index is -5.20. The quantitative estimate of drug-likeness (QED) is 0.521. The number of hydrogen-bond acceptors (Lipinski definition) is 5. The maximum absolute atomic E-state index is 13.3. The Morgan fingerprint density at radius 3 is 2.55 bits per heavy atom. The molecule has 0 bridgehead atoms. The molecule has 1 rings (SSSR count). The minimum Gasteiger partial charge on any atom is -0.468 e. The Morgan fingerprint density at radius 2 is 2.10 bits per heavy atom. The molecule has 0 saturated heterocycles. The first-order valence-corrected chi connectivity index (χ1v) is 5.83. The van der Waals surface area contributed by atoms with Gasteiger partial charge in [0.15, 0.2) is 0 Å². The van der Waals surface area contributed by atoms with Crippen LogP contribution in [0.25, 0.3) is 0 Å². The zero-order chi connectivity index (χ0) is 15.5. The average Bonchev–Trinajstić information content (AvgIpc) is 2.37. The number of nitriles is 1. The molecule has 5 nitrogen and oxygen atoms in total. The van der Waals surface area contributed by atoms with Crippen molar-refractivity contribution in [3.63, 3.8) is 0 Å². The third kappa shape index (κ3) is 3.30. The number of H-pyrrole nitrogens is 1. The van der Waals surface area contributed by atoms with Crippen LogP contribution in [0.4, 0.5) is 17.6 Å². The van der Waals surface area contributed by atoms with Gasteiger partial charge in [-0.05, 0) is 0 Å². The van der Waals surface area contributed by atoms with Crippen molar-refractivity contribution in [2.24, 2.45) is 0 Å². The second kappa shape index (κ2) is 5.96. The van der Waals surface area contributed by atoms with Gasteiger partial charge in [-0.15, -0.1) is 0 Å². The van der Waals surface area contributed by atoms with Gasteiger partial charge in [-0.25, -0.2) is 4.39 Å². The van der Waals surface area contributed by atoms with Gasteiger partial charge in [-0.3, -0.25) is 9.59 Å². The smallest absolute Gasteiger partial charge is 0.420 e. The van der Waals surface area contributed by atoms with Crippen molar-refractivity contribution < 1.29 is 27.1 Å². The maximum Gasteiger partial charge on any atom is 0.420 e. The molecular formula is C10H6F4N2O3S. The van der Waals surface area contributed by atoms with Crippen LogP contribution in [0.3, 0.4) is 0 Å². The van der Waals surface area contributed by atoms with Crippen molar-refractivity contribution in [3.05, 3.63) is 27.3 Å². The van der Waals surface area contributed by atoms with Crippen molar-refractivity contribution in [2.75, 3.05) is 12.9 Å². The van der Waals surface area contributed by atoms with Crippen LogP contribution in [-0.4, -0.2) is 23.8 Å². The van der Waals surface area contributed by atoms with Gasteiger partial charge in [-0.1, -0.05) is 11.8 Å². The van der Waals surface area contributed by atoms with E-state index in [1.165, 1.54) is 6.07 Å². The molecule has 1 heterocycles. The van der Waals surface area contributed by atoms with Crippen LogP contribution in [0.5, 0.6) is 0 Å². The largest absolute Gasteiger partial charge is 0.468 e. The molecule has 0 fully saturated rings. The Hall–Kier alpha value is -2.02. The molecule has 0 aliphatic rings. The predicted octanol–water partition coefficient (Wildman–Crippen LogP) is 1.67. The summed E-state index contributed by atoms with van der Waals surface area (Å²) >= 11 is 0.438. The van der Waals surface area contributed by atoms with Crippen molar-refractivity contribution in [3.8, 4) is 6.07 Å². The summed E-state index contributed by atoms with van der Waals surface area (Å²) in [6.07, 6.45) is -5.20. The number of aromatic nitrogens is 1. The molecule has 0 radical (unpaired) electrons. The van der Waals surface area contributed by atoms with Crippen LogP contribution >= 0.6 is 11.8 Å². The van der Waals surface area contributed by atoms with E-state index in [0.29, 0.717) is 11.8 Å². The number of carbonyl (C=O) groups is 1. The molecular weight excluding hydrogens is 304 g/mol. The number of carbonyl (C=O) groups excluding carboxylic acids is 1. The van der Waals surface area contributed by atoms with E-state index in [1.807, 2.05) is 0 Å². The number of ether oxygens (including phenoxy) is 1. The Labute approximate surface area is 113 Å². The van der Waals surface area contributed by atoms with Gasteiger partial charge in [-0.2, -0.15) is 18.4 Å². The highest BCUT2D eigenvalue weighted by Crippen LogP contribution is 2.35. The van der Waals surface area contributed by atoms with Crippen molar-refractivity contribution in [1.82, 2.24) is 4.98 Å². The highest BCUT2D eigenvalue weighted by molar-refractivity contribution is 7.99. The summed E-state index contributed by atoms with van der Waals surface area (Å²) in [5.74, 6) is -3.31. The van der Waals surface area contributed by atoms with E-state index < -0.39 is 45.4 Å². The summed E-state index contributed by atoms with van der Waals surface area (Å²) in [6.45, 7) is 0. The Bertz CT molecular complexity index is 633. The Kier molecular flexibility index (Phi) is 4.78. The lowest BCUT2D eigenvalue weighted by Crippen LogP contribution is -2.23. The van der Waals surface area contributed by atoms with Crippen LogP contribution in [0.2, 0.25) is 0 Å². The van der Waals surface area contributed by atoms with E-state index in [2.05, 4.69) is 4.74 Å². The maximum atomic E-state index is 13.3. The van der Waals surface area contributed by atoms with E-state index in [0.717, 1.165) is 7.11 Å². The summed E-state index contributed by atoms with van der Waals surface area (Å²) in [6, 6.07) is 1.18. The fourth-order valence-electron chi connectivity index (χ4n) is 1.23. The number of nitrogens with one attached hydrogen (secondary N) is 1. The topological polar surface area (TPSA) is 83.0 Å². The lowest BCUT2D eigenvalue weighted by Gasteiger charge is -2.12. The number of halogens is 4. The van der Waals surface area contributed by atoms with Gasteiger partial charge in [0.05, 0.1) is 23.5 Å². The first kappa shape index (κ1) is 16.0. The van der Waals surface area contributed by atoms with Crippen LogP contribution in [-0.2, 0) is 15.7 Å². The Morgan fingerprint density at radius 1 is 1.50 bits per heavy atom. The third-order valence-corrected chi connectivity index (χ3v) is 3.06. The van der Waals surface area contributed by atoms with Crippen LogP contribution in [0.15, 0.2) is 9.82 Å². The first-order chi connectivity index (χ1) is 9.22. The number of methoxy groups -OCH3 is 1. The van der Waals surface area contributed by atoms with E-state index in [-0.39, 0.29) is 0 Å². The highest BCUT2D eigenvalue weighted by atomic mass is 32.2. The second-order valence-electron chi connectivity index (χ2n) is 3.32. The molecule has 10 heteroatoms. The van der Waals surface area contributed by atoms with Gasteiger partial charge < -0.3 is 9.72 Å². The van der Waals surface area contributed by atoms with Crippen molar-refractivity contribution in [1.29, 1.82) is 5.26 Å².